The van der Waals surface area contributed by atoms with Crippen molar-refractivity contribution in [2.45, 2.75) is 6.92 Å². The minimum atomic E-state index is 0.511. The van der Waals surface area contributed by atoms with Crippen LogP contribution in [0.2, 0.25) is 0 Å². The predicted molar refractivity (Wildman–Crippen MR) is 127 cm³/mol. The Kier molecular flexibility index (Phi) is 5.00. The number of nitrogen functional groups attached to an aromatic ring is 1. The van der Waals surface area contributed by atoms with E-state index in [-0.39, 0.29) is 0 Å². The van der Waals surface area contributed by atoms with Gasteiger partial charge >= 0.3 is 0 Å². The van der Waals surface area contributed by atoms with Crippen molar-refractivity contribution in [1.29, 1.82) is 0 Å². The van der Waals surface area contributed by atoms with E-state index in [0.717, 1.165) is 59.5 Å². The summed E-state index contributed by atoms with van der Waals surface area (Å²) in [5.74, 6) is 0.511. The molecule has 2 aromatic heterocycles. The first kappa shape index (κ1) is 19.5. The summed E-state index contributed by atoms with van der Waals surface area (Å²) in [4.78, 5) is 18.1. The lowest BCUT2D eigenvalue weighted by Gasteiger charge is -2.35. The molecule has 3 heterocycles. The molecule has 1 saturated heterocycles. The SMILES string of the molecule is Cc1cc(-c2ncnc3ccc(-c4ccnc(N)c4)cc23)ccc1N1CCN(C)CC1. The number of hydrogen-bond acceptors (Lipinski definition) is 6. The van der Waals surface area contributed by atoms with Crippen molar-refractivity contribution in [3.8, 4) is 22.4 Å². The maximum atomic E-state index is 5.89. The molecule has 5 rings (SSSR count). The van der Waals surface area contributed by atoms with Gasteiger partial charge in [0.05, 0.1) is 11.2 Å². The number of fused-ring (bicyclic) bond motifs is 1. The van der Waals surface area contributed by atoms with E-state index in [9.17, 15) is 0 Å². The Hall–Kier alpha value is -3.51. The molecule has 0 radical (unpaired) electrons. The number of aromatic nitrogens is 3. The molecular formula is C25H26N6. The topological polar surface area (TPSA) is 71.2 Å². The molecule has 4 aromatic rings. The van der Waals surface area contributed by atoms with E-state index in [1.807, 2.05) is 18.2 Å². The summed E-state index contributed by atoms with van der Waals surface area (Å²) in [6, 6.07) is 16.8. The third-order valence-corrected chi connectivity index (χ3v) is 6.06. The first-order valence-electron chi connectivity index (χ1n) is 10.6. The molecule has 156 valence electrons. The molecule has 0 atom stereocenters. The summed E-state index contributed by atoms with van der Waals surface area (Å²) >= 11 is 0. The predicted octanol–water partition coefficient (Wildman–Crippen LogP) is 4.00. The standard InChI is InChI=1S/C25H26N6/c1-17-13-20(4-6-23(17)31-11-9-30(2)10-12-31)25-21-14-18(3-5-22(21)28-16-29-25)19-7-8-27-24(26)15-19/h3-8,13-16H,9-12H2,1-2H3,(H2,26,27). The van der Waals surface area contributed by atoms with Crippen molar-refractivity contribution in [3.63, 3.8) is 0 Å². The molecule has 1 fully saturated rings. The quantitative estimate of drug-likeness (QED) is 0.550. The molecule has 0 spiro atoms. The number of aryl methyl sites for hydroxylation is 1. The smallest absolute Gasteiger partial charge is 0.123 e. The monoisotopic (exact) mass is 410 g/mol. The normalized spacial score (nSPS) is 14.8. The van der Waals surface area contributed by atoms with Gasteiger partial charge in [-0.2, -0.15) is 0 Å². The lowest BCUT2D eigenvalue weighted by atomic mass is 9.99. The van der Waals surface area contributed by atoms with Crippen LogP contribution in [0.1, 0.15) is 5.56 Å². The van der Waals surface area contributed by atoms with Gasteiger partial charge in [-0.15, -0.1) is 0 Å². The maximum absolute atomic E-state index is 5.89. The number of likely N-dealkylation sites (N-methyl/N-ethyl adjacent to an activating group) is 1. The molecule has 0 saturated carbocycles. The Morgan fingerprint density at radius 2 is 1.58 bits per heavy atom. The summed E-state index contributed by atoms with van der Waals surface area (Å²) in [5.41, 5.74) is 13.6. The van der Waals surface area contributed by atoms with Gasteiger partial charge in [0.25, 0.3) is 0 Å². The van der Waals surface area contributed by atoms with Gasteiger partial charge in [0.1, 0.15) is 12.1 Å². The van der Waals surface area contributed by atoms with Crippen molar-refractivity contribution >= 4 is 22.4 Å². The largest absolute Gasteiger partial charge is 0.384 e. The molecular weight excluding hydrogens is 384 g/mol. The first-order valence-corrected chi connectivity index (χ1v) is 10.6. The number of nitrogens with zero attached hydrogens (tertiary/aromatic N) is 5. The van der Waals surface area contributed by atoms with Crippen molar-refractivity contribution in [1.82, 2.24) is 19.9 Å². The van der Waals surface area contributed by atoms with Gasteiger partial charge in [-0.25, -0.2) is 15.0 Å². The highest BCUT2D eigenvalue weighted by Gasteiger charge is 2.17. The molecule has 0 amide bonds. The van der Waals surface area contributed by atoms with Crippen LogP contribution < -0.4 is 10.6 Å². The molecule has 1 aliphatic rings. The second-order valence-electron chi connectivity index (χ2n) is 8.22. The molecule has 0 bridgehead atoms. The third-order valence-electron chi connectivity index (χ3n) is 6.06. The van der Waals surface area contributed by atoms with Gasteiger partial charge in [-0.3, -0.25) is 0 Å². The van der Waals surface area contributed by atoms with Crippen LogP contribution in [-0.2, 0) is 0 Å². The second-order valence-corrected chi connectivity index (χ2v) is 8.22. The highest BCUT2D eigenvalue weighted by atomic mass is 15.2. The maximum Gasteiger partial charge on any atom is 0.123 e. The number of hydrogen-bond donors (Lipinski definition) is 1. The number of piperazine rings is 1. The molecule has 6 nitrogen and oxygen atoms in total. The van der Waals surface area contributed by atoms with Crippen LogP contribution in [0.25, 0.3) is 33.3 Å². The minimum Gasteiger partial charge on any atom is -0.384 e. The number of rotatable bonds is 3. The van der Waals surface area contributed by atoms with Crippen LogP contribution in [-0.4, -0.2) is 53.1 Å². The highest BCUT2D eigenvalue weighted by molar-refractivity contribution is 5.95. The fraction of sp³-hybridized carbons (Fsp3) is 0.240. The van der Waals surface area contributed by atoms with Crippen molar-refractivity contribution in [3.05, 3.63) is 66.6 Å². The van der Waals surface area contributed by atoms with E-state index in [1.165, 1.54) is 11.3 Å². The van der Waals surface area contributed by atoms with Gasteiger partial charge in [0, 0.05) is 49.0 Å². The molecule has 0 unspecified atom stereocenters. The number of pyridine rings is 1. The minimum absolute atomic E-state index is 0.511. The average Bonchev–Trinajstić information content (AvgIpc) is 2.79. The van der Waals surface area contributed by atoms with Crippen molar-refractivity contribution < 1.29 is 0 Å². The lowest BCUT2D eigenvalue weighted by molar-refractivity contribution is 0.312. The van der Waals surface area contributed by atoms with E-state index < -0.39 is 0 Å². The Bertz CT molecular complexity index is 1240. The zero-order valence-electron chi connectivity index (χ0n) is 17.9. The fourth-order valence-electron chi connectivity index (χ4n) is 4.30. The zero-order valence-corrected chi connectivity index (χ0v) is 17.9. The van der Waals surface area contributed by atoms with Crippen molar-refractivity contribution in [2.24, 2.45) is 0 Å². The number of anilines is 2. The second kappa shape index (κ2) is 7.96. The van der Waals surface area contributed by atoms with Crippen LogP contribution in [0.5, 0.6) is 0 Å². The lowest BCUT2D eigenvalue weighted by Crippen LogP contribution is -2.44. The molecule has 1 aliphatic heterocycles. The fourth-order valence-corrected chi connectivity index (χ4v) is 4.30. The van der Waals surface area contributed by atoms with E-state index in [0.29, 0.717) is 5.82 Å². The van der Waals surface area contributed by atoms with Crippen LogP contribution in [0, 0.1) is 6.92 Å². The molecule has 6 heteroatoms. The summed E-state index contributed by atoms with van der Waals surface area (Å²) < 4.78 is 0. The molecule has 2 aromatic carbocycles. The average molecular weight is 411 g/mol. The van der Waals surface area contributed by atoms with Crippen molar-refractivity contribution in [2.75, 3.05) is 43.9 Å². The molecule has 2 N–H and O–H groups in total. The van der Waals surface area contributed by atoms with E-state index >= 15 is 0 Å². The Labute approximate surface area is 182 Å². The number of benzene rings is 2. The Balaban J connectivity index is 1.55. The first-order chi connectivity index (χ1) is 15.1. The van der Waals surface area contributed by atoms with E-state index in [2.05, 4.69) is 69.1 Å². The van der Waals surface area contributed by atoms with Crippen LogP contribution >= 0.6 is 0 Å². The highest BCUT2D eigenvalue weighted by Crippen LogP contribution is 2.32. The molecule has 0 aliphatic carbocycles. The van der Waals surface area contributed by atoms with Crippen LogP contribution in [0.3, 0.4) is 0 Å². The summed E-state index contributed by atoms with van der Waals surface area (Å²) in [6.07, 6.45) is 3.38. The van der Waals surface area contributed by atoms with Gasteiger partial charge in [0.15, 0.2) is 0 Å². The van der Waals surface area contributed by atoms with Gasteiger partial charge in [-0.05, 0) is 67.1 Å². The van der Waals surface area contributed by atoms with Gasteiger partial charge in [-0.1, -0.05) is 12.1 Å². The van der Waals surface area contributed by atoms with E-state index in [1.54, 1.807) is 12.5 Å². The summed E-state index contributed by atoms with van der Waals surface area (Å²) in [5, 5.41) is 1.03. The summed E-state index contributed by atoms with van der Waals surface area (Å²) in [6.45, 7) is 6.50. The van der Waals surface area contributed by atoms with E-state index in [4.69, 9.17) is 5.73 Å². The third kappa shape index (κ3) is 3.82. The van der Waals surface area contributed by atoms with Gasteiger partial charge in [0.2, 0.25) is 0 Å². The summed E-state index contributed by atoms with van der Waals surface area (Å²) in [7, 11) is 2.18. The Morgan fingerprint density at radius 3 is 2.35 bits per heavy atom. The van der Waals surface area contributed by atoms with Gasteiger partial charge < -0.3 is 15.5 Å². The zero-order chi connectivity index (χ0) is 21.4. The van der Waals surface area contributed by atoms with Crippen LogP contribution in [0.15, 0.2) is 61.1 Å². The number of nitrogens with two attached hydrogens (primary N) is 1. The van der Waals surface area contributed by atoms with Crippen LogP contribution in [0.4, 0.5) is 11.5 Å². The Morgan fingerprint density at radius 1 is 0.806 bits per heavy atom. The molecule has 31 heavy (non-hydrogen) atoms.